The van der Waals surface area contributed by atoms with Crippen molar-refractivity contribution in [1.29, 1.82) is 0 Å². The third kappa shape index (κ3) is 2.84. The second-order valence-electron chi connectivity index (χ2n) is 5.74. The molecule has 1 rings (SSSR count). The van der Waals surface area contributed by atoms with E-state index in [9.17, 15) is 4.79 Å². The predicted octanol–water partition coefficient (Wildman–Crippen LogP) is 1.59. The molecular weight excluding hydrogens is 192 g/mol. The Bertz CT molecular complexity index is 247. The molecule has 0 radical (unpaired) electrons. The van der Waals surface area contributed by atoms with Crippen molar-refractivity contribution >= 4 is 6.09 Å². The molecular formula is C11H22N2O2. The zero-order valence-electron chi connectivity index (χ0n) is 10.2. The number of cyclic esters (lactones) is 1. The normalized spacial score (nSPS) is 27.0. The van der Waals surface area contributed by atoms with E-state index in [2.05, 4.69) is 20.8 Å². The quantitative estimate of drug-likeness (QED) is 0.776. The average Bonchev–Trinajstić information content (AvgIpc) is 2.32. The third-order valence-corrected chi connectivity index (χ3v) is 2.69. The van der Waals surface area contributed by atoms with Crippen LogP contribution in [-0.2, 0) is 4.74 Å². The highest BCUT2D eigenvalue weighted by Gasteiger charge is 2.44. The summed E-state index contributed by atoms with van der Waals surface area (Å²) in [5.41, 5.74) is 5.43. The van der Waals surface area contributed by atoms with E-state index < -0.39 is 0 Å². The van der Waals surface area contributed by atoms with Crippen molar-refractivity contribution in [2.24, 2.45) is 11.1 Å². The van der Waals surface area contributed by atoms with Crippen LogP contribution in [0.3, 0.4) is 0 Å². The summed E-state index contributed by atoms with van der Waals surface area (Å²) in [7, 11) is 0. The lowest BCUT2D eigenvalue weighted by molar-refractivity contribution is 0.124. The van der Waals surface area contributed by atoms with Crippen LogP contribution in [0.1, 0.15) is 34.1 Å². The number of hydrogen-bond acceptors (Lipinski definition) is 3. The minimum Gasteiger partial charge on any atom is -0.447 e. The van der Waals surface area contributed by atoms with Gasteiger partial charge in [-0.05, 0) is 25.3 Å². The van der Waals surface area contributed by atoms with Crippen molar-refractivity contribution in [2.75, 3.05) is 19.7 Å². The van der Waals surface area contributed by atoms with Gasteiger partial charge in [-0.25, -0.2) is 4.79 Å². The molecule has 1 aliphatic heterocycles. The summed E-state index contributed by atoms with van der Waals surface area (Å²) in [5, 5.41) is 0. The van der Waals surface area contributed by atoms with Crippen LogP contribution in [0.4, 0.5) is 4.79 Å². The Hall–Kier alpha value is -0.770. The highest BCUT2D eigenvalue weighted by atomic mass is 16.6. The SMILES string of the molecule is CC(C)(C)CN1C(=O)OCC1(C)CCN. The molecule has 1 fully saturated rings. The largest absolute Gasteiger partial charge is 0.447 e. The topological polar surface area (TPSA) is 55.6 Å². The van der Waals surface area contributed by atoms with Gasteiger partial charge in [0.05, 0.1) is 5.54 Å². The monoisotopic (exact) mass is 214 g/mol. The molecule has 0 aromatic rings. The summed E-state index contributed by atoms with van der Waals surface area (Å²) in [6.45, 7) is 10.1. The van der Waals surface area contributed by atoms with Crippen LogP contribution in [0.5, 0.6) is 0 Å². The fourth-order valence-corrected chi connectivity index (χ4v) is 1.84. The van der Waals surface area contributed by atoms with Gasteiger partial charge in [-0.3, -0.25) is 4.90 Å². The zero-order valence-corrected chi connectivity index (χ0v) is 10.2. The van der Waals surface area contributed by atoms with E-state index in [1.807, 2.05) is 11.8 Å². The number of ether oxygens (including phenoxy) is 1. The third-order valence-electron chi connectivity index (χ3n) is 2.69. The molecule has 1 amide bonds. The molecule has 0 bridgehead atoms. The Balaban J connectivity index is 2.77. The molecule has 88 valence electrons. The lowest BCUT2D eigenvalue weighted by Crippen LogP contribution is -2.49. The lowest BCUT2D eigenvalue weighted by atomic mass is 9.91. The molecule has 15 heavy (non-hydrogen) atoms. The molecule has 0 spiro atoms. The van der Waals surface area contributed by atoms with E-state index in [0.717, 1.165) is 6.42 Å². The summed E-state index contributed by atoms with van der Waals surface area (Å²) in [6, 6.07) is 0. The number of hydrogen-bond donors (Lipinski definition) is 1. The first kappa shape index (κ1) is 12.3. The highest BCUT2D eigenvalue weighted by Crippen LogP contribution is 2.30. The second kappa shape index (κ2) is 4.00. The number of nitrogens with zero attached hydrogens (tertiary/aromatic N) is 1. The Morgan fingerprint density at radius 2 is 2.13 bits per heavy atom. The molecule has 4 heteroatoms. The summed E-state index contributed by atoms with van der Waals surface area (Å²) in [6.07, 6.45) is 0.579. The van der Waals surface area contributed by atoms with Gasteiger partial charge in [0.25, 0.3) is 0 Å². The Labute approximate surface area is 91.8 Å². The lowest BCUT2D eigenvalue weighted by Gasteiger charge is -2.36. The van der Waals surface area contributed by atoms with Crippen LogP contribution in [0.25, 0.3) is 0 Å². The molecule has 0 saturated carbocycles. The van der Waals surface area contributed by atoms with Crippen LogP contribution >= 0.6 is 0 Å². The Morgan fingerprint density at radius 3 is 2.60 bits per heavy atom. The minimum atomic E-state index is -0.223. The second-order valence-corrected chi connectivity index (χ2v) is 5.74. The smallest absolute Gasteiger partial charge is 0.410 e. The van der Waals surface area contributed by atoms with Crippen molar-refractivity contribution in [1.82, 2.24) is 4.90 Å². The first-order chi connectivity index (χ1) is 6.78. The molecule has 1 atom stereocenters. The Morgan fingerprint density at radius 1 is 1.53 bits per heavy atom. The van der Waals surface area contributed by atoms with Gasteiger partial charge in [0.2, 0.25) is 0 Å². The van der Waals surface area contributed by atoms with Gasteiger partial charge >= 0.3 is 6.09 Å². The van der Waals surface area contributed by atoms with Gasteiger partial charge in [0.15, 0.2) is 0 Å². The van der Waals surface area contributed by atoms with Gasteiger partial charge in [-0.1, -0.05) is 20.8 Å². The fraction of sp³-hybridized carbons (Fsp3) is 0.909. The number of carbonyl (C=O) groups excluding carboxylic acids is 1. The van der Waals surface area contributed by atoms with E-state index in [1.54, 1.807) is 0 Å². The molecule has 1 aliphatic rings. The van der Waals surface area contributed by atoms with E-state index in [1.165, 1.54) is 0 Å². The summed E-state index contributed by atoms with van der Waals surface area (Å²) in [5.74, 6) is 0. The maximum Gasteiger partial charge on any atom is 0.410 e. The van der Waals surface area contributed by atoms with Crippen molar-refractivity contribution < 1.29 is 9.53 Å². The molecule has 0 aromatic heterocycles. The molecule has 1 unspecified atom stereocenters. The number of amides is 1. The maximum absolute atomic E-state index is 11.6. The molecule has 4 nitrogen and oxygen atoms in total. The molecule has 2 N–H and O–H groups in total. The van der Waals surface area contributed by atoms with Gasteiger partial charge in [0, 0.05) is 6.54 Å². The van der Waals surface area contributed by atoms with E-state index in [-0.39, 0.29) is 17.0 Å². The minimum absolute atomic E-state index is 0.0826. The predicted molar refractivity (Wildman–Crippen MR) is 59.6 cm³/mol. The highest BCUT2D eigenvalue weighted by molar-refractivity contribution is 5.71. The van der Waals surface area contributed by atoms with Crippen molar-refractivity contribution in [3.05, 3.63) is 0 Å². The Kier molecular flexibility index (Phi) is 3.28. The van der Waals surface area contributed by atoms with Gasteiger partial charge in [-0.2, -0.15) is 0 Å². The zero-order chi connectivity index (χ0) is 11.7. The molecule has 1 heterocycles. The van der Waals surface area contributed by atoms with E-state index >= 15 is 0 Å². The number of rotatable bonds is 3. The summed E-state index contributed by atoms with van der Waals surface area (Å²) < 4.78 is 5.11. The molecule has 0 aromatic carbocycles. The first-order valence-corrected chi connectivity index (χ1v) is 5.43. The van der Waals surface area contributed by atoms with E-state index in [4.69, 9.17) is 10.5 Å². The van der Waals surface area contributed by atoms with Crippen LogP contribution in [0.2, 0.25) is 0 Å². The van der Waals surface area contributed by atoms with Crippen molar-refractivity contribution in [3.8, 4) is 0 Å². The van der Waals surface area contributed by atoms with Crippen molar-refractivity contribution in [2.45, 2.75) is 39.7 Å². The van der Waals surface area contributed by atoms with Gasteiger partial charge in [0.1, 0.15) is 6.61 Å². The first-order valence-electron chi connectivity index (χ1n) is 5.43. The van der Waals surface area contributed by atoms with Crippen LogP contribution in [-0.4, -0.2) is 36.2 Å². The number of carbonyl (C=O) groups is 1. The number of nitrogens with two attached hydrogens (primary N) is 1. The van der Waals surface area contributed by atoms with Gasteiger partial charge < -0.3 is 10.5 Å². The fourth-order valence-electron chi connectivity index (χ4n) is 1.84. The standard InChI is InChI=1S/C11H22N2O2/c1-10(2,3)7-13-9(14)15-8-11(13,4)5-6-12/h5-8,12H2,1-4H3. The van der Waals surface area contributed by atoms with Crippen LogP contribution < -0.4 is 5.73 Å². The van der Waals surface area contributed by atoms with Gasteiger partial charge in [-0.15, -0.1) is 0 Å². The van der Waals surface area contributed by atoms with Crippen LogP contribution in [0, 0.1) is 5.41 Å². The molecule has 0 aliphatic carbocycles. The van der Waals surface area contributed by atoms with Crippen LogP contribution in [0.15, 0.2) is 0 Å². The summed E-state index contributed by atoms with van der Waals surface area (Å²) in [4.78, 5) is 13.4. The van der Waals surface area contributed by atoms with Crippen molar-refractivity contribution in [3.63, 3.8) is 0 Å². The average molecular weight is 214 g/mol. The maximum atomic E-state index is 11.6. The summed E-state index contributed by atoms with van der Waals surface area (Å²) >= 11 is 0. The van der Waals surface area contributed by atoms with E-state index in [0.29, 0.717) is 19.7 Å². The molecule has 1 saturated heterocycles.